The molecule has 1 aliphatic rings. The van der Waals surface area contributed by atoms with Crippen molar-refractivity contribution < 1.29 is 4.52 Å². The highest BCUT2D eigenvalue weighted by Crippen LogP contribution is 2.28. The van der Waals surface area contributed by atoms with Crippen LogP contribution >= 0.6 is 11.6 Å². The quantitative estimate of drug-likeness (QED) is 0.744. The van der Waals surface area contributed by atoms with Gasteiger partial charge in [-0.1, -0.05) is 35.0 Å². The maximum atomic E-state index is 6.18. The third-order valence-corrected chi connectivity index (χ3v) is 4.46. The van der Waals surface area contributed by atoms with Gasteiger partial charge in [-0.2, -0.15) is 4.98 Å². The summed E-state index contributed by atoms with van der Waals surface area (Å²) in [6.45, 7) is 0.947. The van der Waals surface area contributed by atoms with Crippen LogP contribution in [-0.4, -0.2) is 19.7 Å². The van der Waals surface area contributed by atoms with Crippen molar-refractivity contribution in [2.24, 2.45) is 0 Å². The molecule has 3 aromatic rings. The molecular formula is C16H15ClN4O. The zero-order valence-electron chi connectivity index (χ0n) is 11.9. The first-order valence-corrected chi connectivity index (χ1v) is 7.73. The van der Waals surface area contributed by atoms with Crippen LogP contribution in [0.4, 0.5) is 0 Å². The van der Waals surface area contributed by atoms with Crippen molar-refractivity contribution in [1.82, 2.24) is 19.7 Å². The fraction of sp³-hybridized carbons (Fsp3) is 0.312. The Kier molecular flexibility index (Phi) is 3.42. The van der Waals surface area contributed by atoms with Crippen LogP contribution in [0.15, 0.2) is 41.2 Å². The fourth-order valence-corrected chi connectivity index (χ4v) is 3.08. The third-order valence-electron chi connectivity index (χ3n) is 4.09. The Balaban J connectivity index is 1.52. The Morgan fingerprint density at radius 3 is 3.14 bits per heavy atom. The summed E-state index contributed by atoms with van der Waals surface area (Å²) in [5.74, 6) is 2.72. The standard InChI is InChI=1S/C16H15ClN4O/c17-13-4-2-1-3-11(13)9-14-19-16(22-20-14)12-5-7-21-8-6-18-15(21)10-12/h1-4,6,8,12H,5,7,9-10H2. The van der Waals surface area contributed by atoms with Crippen molar-refractivity contribution in [2.45, 2.75) is 31.7 Å². The average Bonchev–Trinajstić information content (AvgIpc) is 3.17. The molecule has 0 aliphatic carbocycles. The van der Waals surface area contributed by atoms with Crippen LogP contribution < -0.4 is 0 Å². The summed E-state index contributed by atoms with van der Waals surface area (Å²) in [7, 11) is 0. The number of halogens is 1. The smallest absolute Gasteiger partial charge is 0.230 e. The molecule has 0 N–H and O–H groups in total. The van der Waals surface area contributed by atoms with Gasteiger partial charge < -0.3 is 9.09 Å². The van der Waals surface area contributed by atoms with Crippen molar-refractivity contribution >= 4 is 11.6 Å². The van der Waals surface area contributed by atoms with E-state index in [1.807, 2.05) is 36.7 Å². The zero-order chi connectivity index (χ0) is 14.9. The molecule has 112 valence electrons. The second-order valence-electron chi connectivity index (χ2n) is 5.54. The van der Waals surface area contributed by atoms with Crippen molar-refractivity contribution in [3.05, 3.63) is 64.8 Å². The molecule has 1 aromatic carbocycles. The molecule has 0 bridgehead atoms. The highest BCUT2D eigenvalue weighted by molar-refractivity contribution is 6.31. The summed E-state index contributed by atoms with van der Waals surface area (Å²) in [5, 5.41) is 4.83. The molecule has 1 aliphatic heterocycles. The second-order valence-corrected chi connectivity index (χ2v) is 5.95. The van der Waals surface area contributed by atoms with Crippen LogP contribution in [0.3, 0.4) is 0 Å². The second kappa shape index (κ2) is 5.57. The van der Waals surface area contributed by atoms with E-state index in [2.05, 4.69) is 19.7 Å². The monoisotopic (exact) mass is 314 g/mol. The lowest BCUT2D eigenvalue weighted by atomic mass is 9.98. The van der Waals surface area contributed by atoms with Crippen molar-refractivity contribution in [3.8, 4) is 0 Å². The number of hydrogen-bond donors (Lipinski definition) is 0. The van der Waals surface area contributed by atoms with E-state index in [9.17, 15) is 0 Å². The van der Waals surface area contributed by atoms with Crippen molar-refractivity contribution in [1.29, 1.82) is 0 Å². The molecule has 5 nitrogen and oxygen atoms in total. The van der Waals surface area contributed by atoms with Crippen LogP contribution in [0.1, 0.15) is 35.4 Å². The van der Waals surface area contributed by atoms with Crippen molar-refractivity contribution in [3.63, 3.8) is 0 Å². The van der Waals surface area contributed by atoms with Gasteiger partial charge in [-0.3, -0.25) is 0 Å². The van der Waals surface area contributed by atoms with E-state index in [-0.39, 0.29) is 5.92 Å². The van der Waals surface area contributed by atoms with Gasteiger partial charge in [0.05, 0.1) is 0 Å². The predicted octanol–water partition coefficient (Wildman–Crippen LogP) is 3.24. The van der Waals surface area contributed by atoms with E-state index in [0.29, 0.717) is 18.1 Å². The molecular weight excluding hydrogens is 300 g/mol. The lowest BCUT2D eigenvalue weighted by Gasteiger charge is -2.19. The number of nitrogens with zero attached hydrogens (tertiary/aromatic N) is 4. The van der Waals surface area contributed by atoms with Crippen LogP contribution in [-0.2, 0) is 19.4 Å². The molecule has 4 rings (SSSR count). The van der Waals surface area contributed by atoms with Crippen LogP contribution in [0.2, 0.25) is 5.02 Å². The molecule has 1 unspecified atom stereocenters. The Hall–Kier alpha value is -2.14. The zero-order valence-corrected chi connectivity index (χ0v) is 12.7. The SMILES string of the molecule is Clc1ccccc1Cc1noc(C2CCn3ccnc3C2)n1. The molecule has 1 atom stereocenters. The van der Waals surface area contributed by atoms with E-state index in [1.54, 1.807) is 0 Å². The molecule has 0 radical (unpaired) electrons. The lowest BCUT2D eigenvalue weighted by Crippen LogP contribution is -2.18. The first-order chi connectivity index (χ1) is 10.8. The molecule has 0 saturated carbocycles. The predicted molar refractivity (Wildman–Crippen MR) is 81.8 cm³/mol. The maximum Gasteiger partial charge on any atom is 0.230 e. The van der Waals surface area contributed by atoms with E-state index in [4.69, 9.17) is 16.1 Å². The Morgan fingerprint density at radius 2 is 2.23 bits per heavy atom. The summed E-state index contributed by atoms with van der Waals surface area (Å²) < 4.78 is 7.64. The van der Waals surface area contributed by atoms with Gasteiger partial charge in [0.25, 0.3) is 0 Å². The van der Waals surface area contributed by atoms with E-state index in [0.717, 1.165) is 35.8 Å². The molecule has 6 heteroatoms. The summed E-state index contributed by atoms with van der Waals surface area (Å²) >= 11 is 6.18. The van der Waals surface area contributed by atoms with Gasteiger partial charge in [-0.15, -0.1) is 0 Å². The lowest BCUT2D eigenvalue weighted by molar-refractivity contribution is 0.321. The highest BCUT2D eigenvalue weighted by Gasteiger charge is 2.25. The first-order valence-electron chi connectivity index (χ1n) is 7.35. The first kappa shape index (κ1) is 13.5. The minimum absolute atomic E-state index is 0.252. The van der Waals surface area contributed by atoms with Gasteiger partial charge in [0.1, 0.15) is 5.82 Å². The number of rotatable bonds is 3. The number of aryl methyl sites for hydroxylation is 1. The Bertz CT molecular complexity index is 795. The van der Waals surface area contributed by atoms with Gasteiger partial charge in [-0.25, -0.2) is 4.98 Å². The molecule has 2 aromatic heterocycles. The van der Waals surface area contributed by atoms with E-state index >= 15 is 0 Å². The van der Waals surface area contributed by atoms with E-state index in [1.165, 1.54) is 0 Å². The summed E-state index contributed by atoms with van der Waals surface area (Å²) in [6.07, 6.45) is 6.29. The minimum Gasteiger partial charge on any atom is -0.339 e. The Morgan fingerprint density at radius 1 is 1.32 bits per heavy atom. The highest BCUT2D eigenvalue weighted by atomic mass is 35.5. The molecule has 0 saturated heterocycles. The number of aromatic nitrogens is 4. The van der Waals surface area contributed by atoms with Gasteiger partial charge >= 0.3 is 0 Å². The molecule has 22 heavy (non-hydrogen) atoms. The van der Waals surface area contributed by atoms with E-state index < -0.39 is 0 Å². The third kappa shape index (κ3) is 2.52. The van der Waals surface area contributed by atoms with Crippen molar-refractivity contribution in [2.75, 3.05) is 0 Å². The largest absolute Gasteiger partial charge is 0.339 e. The maximum absolute atomic E-state index is 6.18. The Labute approximate surface area is 132 Å². The summed E-state index contributed by atoms with van der Waals surface area (Å²) in [6, 6.07) is 7.73. The number of imidazole rings is 1. The topological polar surface area (TPSA) is 56.7 Å². The number of fused-ring (bicyclic) bond motifs is 1. The van der Waals surface area contributed by atoms with Crippen LogP contribution in [0.5, 0.6) is 0 Å². The molecule has 0 amide bonds. The number of hydrogen-bond acceptors (Lipinski definition) is 4. The minimum atomic E-state index is 0.252. The average molecular weight is 315 g/mol. The van der Waals surface area contributed by atoms with Gasteiger partial charge in [0.15, 0.2) is 5.82 Å². The molecule has 3 heterocycles. The molecule has 0 spiro atoms. The van der Waals surface area contributed by atoms with Gasteiger partial charge in [0.2, 0.25) is 5.89 Å². The van der Waals surface area contributed by atoms with Crippen LogP contribution in [0.25, 0.3) is 0 Å². The summed E-state index contributed by atoms with van der Waals surface area (Å²) in [5.41, 5.74) is 1.01. The number of benzene rings is 1. The van der Waals surface area contributed by atoms with Gasteiger partial charge in [0, 0.05) is 42.7 Å². The normalized spacial score (nSPS) is 17.4. The summed E-state index contributed by atoms with van der Waals surface area (Å²) in [4.78, 5) is 8.93. The fourth-order valence-electron chi connectivity index (χ4n) is 2.88. The molecule has 0 fully saturated rings. The van der Waals surface area contributed by atoms with Crippen LogP contribution in [0, 0.1) is 0 Å². The van der Waals surface area contributed by atoms with Gasteiger partial charge in [-0.05, 0) is 18.1 Å².